The van der Waals surface area contributed by atoms with Gasteiger partial charge in [-0.25, -0.2) is 4.98 Å². The van der Waals surface area contributed by atoms with Gasteiger partial charge < -0.3 is 4.74 Å². The van der Waals surface area contributed by atoms with Gasteiger partial charge in [-0.15, -0.1) is 11.8 Å². The van der Waals surface area contributed by atoms with Gasteiger partial charge in [-0.05, 0) is 28.1 Å². The van der Waals surface area contributed by atoms with Crippen molar-refractivity contribution in [3.05, 3.63) is 22.8 Å². The lowest BCUT2D eigenvalue weighted by Gasteiger charge is -2.01. The van der Waals surface area contributed by atoms with Gasteiger partial charge in [-0.2, -0.15) is 12.6 Å². The van der Waals surface area contributed by atoms with E-state index in [4.69, 9.17) is 4.74 Å². The van der Waals surface area contributed by atoms with Crippen LogP contribution in [0.3, 0.4) is 0 Å². The summed E-state index contributed by atoms with van der Waals surface area (Å²) in [5, 5.41) is 1.03. The zero-order valence-corrected chi connectivity index (χ0v) is 10.9. The summed E-state index contributed by atoms with van der Waals surface area (Å²) in [5.41, 5.74) is 0. The first-order valence-corrected chi connectivity index (χ1v) is 6.67. The van der Waals surface area contributed by atoms with Crippen LogP contribution in [0.25, 0.3) is 0 Å². The van der Waals surface area contributed by atoms with Crippen LogP contribution in [0.2, 0.25) is 0 Å². The molecular formula is C9H12BrNOS2. The Kier molecular flexibility index (Phi) is 6.68. The number of thiol groups is 1. The third kappa shape index (κ3) is 5.24. The van der Waals surface area contributed by atoms with Gasteiger partial charge in [0.1, 0.15) is 0 Å². The van der Waals surface area contributed by atoms with Gasteiger partial charge in [0.15, 0.2) is 0 Å². The van der Waals surface area contributed by atoms with E-state index < -0.39 is 0 Å². The molecule has 0 spiro atoms. The Morgan fingerprint density at radius 3 is 2.93 bits per heavy atom. The van der Waals surface area contributed by atoms with Gasteiger partial charge in [0.2, 0.25) is 0 Å². The monoisotopic (exact) mass is 293 g/mol. The molecule has 0 unspecified atom stereocenters. The van der Waals surface area contributed by atoms with E-state index in [0.717, 1.165) is 34.2 Å². The zero-order valence-electron chi connectivity index (χ0n) is 7.65. The second-order valence-electron chi connectivity index (χ2n) is 2.50. The Labute approximate surface area is 102 Å². The molecule has 0 aliphatic carbocycles. The van der Waals surface area contributed by atoms with Gasteiger partial charge >= 0.3 is 0 Å². The Bertz CT molecular complexity index is 255. The van der Waals surface area contributed by atoms with Crippen molar-refractivity contribution in [3.63, 3.8) is 0 Å². The van der Waals surface area contributed by atoms with Crippen LogP contribution >= 0.6 is 40.3 Å². The number of aromatic nitrogens is 1. The molecule has 0 radical (unpaired) electrons. The Balaban J connectivity index is 2.15. The van der Waals surface area contributed by atoms with Crippen molar-refractivity contribution in [3.8, 4) is 0 Å². The Morgan fingerprint density at radius 1 is 1.43 bits per heavy atom. The minimum Gasteiger partial charge on any atom is -0.380 e. The lowest BCUT2D eigenvalue weighted by atomic mass is 10.5. The number of thioether (sulfide) groups is 1. The maximum atomic E-state index is 5.29. The molecule has 0 atom stereocenters. The van der Waals surface area contributed by atoms with Crippen molar-refractivity contribution >= 4 is 40.3 Å². The number of pyridine rings is 1. The van der Waals surface area contributed by atoms with E-state index in [1.807, 2.05) is 12.1 Å². The van der Waals surface area contributed by atoms with Crippen LogP contribution in [0.5, 0.6) is 0 Å². The lowest BCUT2D eigenvalue weighted by Crippen LogP contribution is -2.00. The summed E-state index contributed by atoms with van der Waals surface area (Å²) < 4.78 is 6.30. The number of hydrogen-bond donors (Lipinski definition) is 1. The van der Waals surface area contributed by atoms with Crippen molar-refractivity contribution in [2.24, 2.45) is 0 Å². The van der Waals surface area contributed by atoms with Gasteiger partial charge in [0.05, 0.1) is 18.2 Å². The predicted octanol–water partition coefficient (Wildman–Crippen LogP) is 2.88. The largest absolute Gasteiger partial charge is 0.380 e. The molecule has 0 bridgehead atoms. The standard InChI is InChI=1S/C9H12BrNOS2/c10-8-1-2-9(11-7-8)14-6-4-12-3-5-13/h1-2,7,13H,3-6H2. The molecule has 0 aliphatic rings. The summed E-state index contributed by atoms with van der Waals surface area (Å²) in [5.74, 6) is 1.71. The Hall–Kier alpha value is 0.290. The van der Waals surface area contributed by atoms with E-state index >= 15 is 0 Å². The van der Waals surface area contributed by atoms with Crippen LogP contribution < -0.4 is 0 Å². The van der Waals surface area contributed by atoms with E-state index in [2.05, 4.69) is 33.5 Å². The van der Waals surface area contributed by atoms with E-state index in [1.54, 1.807) is 18.0 Å². The number of nitrogens with zero attached hydrogens (tertiary/aromatic N) is 1. The summed E-state index contributed by atoms with van der Waals surface area (Å²) >= 11 is 9.10. The fourth-order valence-electron chi connectivity index (χ4n) is 0.819. The first-order valence-electron chi connectivity index (χ1n) is 4.26. The number of ether oxygens (including phenoxy) is 1. The molecule has 78 valence electrons. The van der Waals surface area contributed by atoms with Gasteiger partial charge in [0.25, 0.3) is 0 Å². The SMILES string of the molecule is SCCOCCSc1ccc(Br)cn1. The molecule has 1 rings (SSSR count). The highest BCUT2D eigenvalue weighted by atomic mass is 79.9. The third-order valence-corrected chi connectivity index (χ3v) is 2.97. The summed E-state index contributed by atoms with van der Waals surface area (Å²) in [6.45, 7) is 1.47. The fraction of sp³-hybridized carbons (Fsp3) is 0.444. The maximum absolute atomic E-state index is 5.29. The summed E-state index contributed by atoms with van der Waals surface area (Å²) in [6.07, 6.45) is 1.80. The molecule has 0 fully saturated rings. The highest BCUT2D eigenvalue weighted by Crippen LogP contribution is 2.16. The van der Waals surface area contributed by atoms with Crippen molar-refractivity contribution in [2.45, 2.75) is 5.03 Å². The molecule has 0 N–H and O–H groups in total. The van der Waals surface area contributed by atoms with Crippen molar-refractivity contribution in [2.75, 3.05) is 24.7 Å². The average Bonchev–Trinajstić information content (AvgIpc) is 2.21. The molecule has 2 nitrogen and oxygen atoms in total. The minimum atomic E-state index is 0.720. The molecule has 0 saturated heterocycles. The molecule has 0 saturated carbocycles. The van der Waals surface area contributed by atoms with E-state index in [0.29, 0.717) is 0 Å². The van der Waals surface area contributed by atoms with Crippen LogP contribution in [0.4, 0.5) is 0 Å². The fourth-order valence-corrected chi connectivity index (χ4v) is 1.88. The van der Waals surface area contributed by atoms with Gasteiger partial charge in [-0.1, -0.05) is 0 Å². The zero-order chi connectivity index (χ0) is 10.2. The van der Waals surface area contributed by atoms with Gasteiger partial charge in [-0.3, -0.25) is 0 Å². The molecule has 0 amide bonds. The molecule has 5 heteroatoms. The molecule has 1 aromatic heterocycles. The Morgan fingerprint density at radius 2 is 2.29 bits per heavy atom. The molecule has 0 aliphatic heterocycles. The number of halogens is 1. The van der Waals surface area contributed by atoms with Crippen LogP contribution in [0.15, 0.2) is 27.8 Å². The van der Waals surface area contributed by atoms with E-state index in [1.165, 1.54) is 0 Å². The average molecular weight is 294 g/mol. The second-order valence-corrected chi connectivity index (χ2v) is 4.98. The van der Waals surface area contributed by atoms with Crippen molar-refractivity contribution in [1.29, 1.82) is 0 Å². The second kappa shape index (κ2) is 7.56. The van der Waals surface area contributed by atoms with Crippen LogP contribution in [-0.4, -0.2) is 29.7 Å². The summed E-state index contributed by atoms with van der Waals surface area (Å²) in [4.78, 5) is 4.24. The third-order valence-electron chi connectivity index (χ3n) is 1.41. The molecule has 14 heavy (non-hydrogen) atoms. The van der Waals surface area contributed by atoms with Crippen LogP contribution in [-0.2, 0) is 4.74 Å². The van der Waals surface area contributed by atoms with Crippen LogP contribution in [0, 0.1) is 0 Å². The minimum absolute atomic E-state index is 0.720. The molecule has 0 aromatic carbocycles. The van der Waals surface area contributed by atoms with Crippen molar-refractivity contribution in [1.82, 2.24) is 4.98 Å². The molecular weight excluding hydrogens is 282 g/mol. The molecule has 1 aromatic rings. The summed E-state index contributed by atoms with van der Waals surface area (Å²) in [6, 6.07) is 3.98. The molecule has 1 heterocycles. The van der Waals surface area contributed by atoms with E-state index in [-0.39, 0.29) is 0 Å². The number of hydrogen-bond acceptors (Lipinski definition) is 4. The topological polar surface area (TPSA) is 22.1 Å². The normalized spacial score (nSPS) is 10.4. The smallest absolute Gasteiger partial charge is 0.0961 e. The van der Waals surface area contributed by atoms with Gasteiger partial charge in [0, 0.05) is 22.2 Å². The maximum Gasteiger partial charge on any atom is 0.0961 e. The number of rotatable bonds is 6. The van der Waals surface area contributed by atoms with E-state index in [9.17, 15) is 0 Å². The predicted molar refractivity (Wildman–Crippen MR) is 67.3 cm³/mol. The van der Waals surface area contributed by atoms with Crippen LogP contribution in [0.1, 0.15) is 0 Å². The first kappa shape index (κ1) is 12.4. The van der Waals surface area contributed by atoms with Crippen molar-refractivity contribution < 1.29 is 4.74 Å². The lowest BCUT2D eigenvalue weighted by molar-refractivity contribution is 0.167. The highest BCUT2D eigenvalue weighted by Gasteiger charge is 1.95. The quantitative estimate of drug-likeness (QED) is 0.495. The summed E-state index contributed by atoms with van der Waals surface area (Å²) in [7, 11) is 0. The first-order chi connectivity index (χ1) is 6.83. The highest BCUT2D eigenvalue weighted by molar-refractivity contribution is 9.10.